The number of thioether (sulfide) groups is 2. The van der Waals surface area contributed by atoms with Crippen molar-refractivity contribution in [3.05, 3.63) is 28.8 Å². The van der Waals surface area contributed by atoms with Crippen molar-refractivity contribution >= 4 is 46.1 Å². The average Bonchev–Trinajstić information content (AvgIpc) is 2.76. The van der Waals surface area contributed by atoms with Crippen LogP contribution in [0.5, 0.6) is 0 Å². The second-order valence-electron chi connectivity index (χ2n) is 3.78. The number of carbonyl (C=O) groups excluding carboxylic acids is 2. The van der Waals surface area contributed by atoms with Gasteiger partial charge in [0.1, 0.15) is 5.37 Å². The summed E-state index contributed by atoms with van der Waals surface area (Å²) in [5.74, 6) is 0.731. The van der Waals surface area contributed by atoms with Gasteiger partial charge >= 0.3 is 0 Å². The smallest absolute Gasteiger partial charge is 0.256 e. The molecule has 3 nitrogen and oxygen atoms in total. The highest BCUT2D eigenvalue weighted by molar-refractivity contribution is 8.16. The van der Waals surface area contributed by atoms with Crippen molar-refractivity contribution in [2.24, 2.45) is 0 Å². The summed E-state index contributed by atoms with van der Waals surface area (Å²) in [5, 5.41) is 0.219. The molecule has 2 aliphatic rings. The van der Waals surface area contributed by atoms with E-state index >= 15 is 0 Å². The van der Waals surface area contributed by atoms with Gasteiger partial charge in [0.25, 0.3) is 5.91 Å². The maximum Gasteiger partial charge on any atom is 0.256 e. The van der Waals surface area contributed by atoms with E-state index < -0.39 is 0 Å². The number of hydrogen-bond donors (Lipinski definition) is 0. The van der Waals surface area contributed by atoms with E-state index in [0.717, 1.165) is 17.5 Å². The second kappa shape index (κ2) is 4.23. The van der Waals surface area contributed by atoms with Crippen molar-refractivity contribution in [3.63, 3.8) is 0 Å². The van der Waals surface area contributed by atoms with Gasteiger partial charge in [0.15, 0.2) is 0 Å². The molecule has 1 saturated heterocycles. The van der Waals surface area contributed by atoms with Gasteiger partial charge in [0, 0.05) is 22.2 Å². The van der Waals surface area contributed by atoms with Gasteiger partial charge in [0.2, 0.25) is 5.12 Å². The van der Waals surface area contributed by atoms with Gasteiger partial charge in [-0.15, -0.1) is 11.8 Å². The first-order valence-electron chi connectivity index (χ1n) is 5.10. The Morgan fingerprint density at radius 3 is 3.00 bits per heavy atom. The minimum Gasteiger partial charge on any atom is -0.318 e. The largest absolute Gasteiger partial charge is 0.318 e. The van der Waals surface area contributed by atoms with Gasteiger partial charge in [-0.2, -0.15) is 0 Å². The fourth-order valence-electron chi connectivity index (χ4n) is 1.95. The molecule has 6 heteroatoms. The van der Waals surface area contributed by atoms with Crippen molar-refractivity contribution in [2.45, 2.75) is 10.3 Å². The lowest BCUT2D eigenvalue weighted by Crippen LogP contribution is -2.36. The van der Waals surface area contributed by atoms with Crippen LogP contribution in [0.15, 0.2) is 23.1 Å². The van der Waals surface area contributed by atoms with Crippen LogP contribution in [-0.2, 0) is 4.79 Å². The minimum absolute atomic E-state index is 0.0296. The lowest BCUT2D eigenvalue weighted by molar-refractivity contribution is -0.112. The highest BCUT2D eigenvalue weighted by Gasteiger charge is 2.39. The molecule has 2 heterocycles. The topological polar surface area (TPSA) is 37.4 Å². The van der Waals surface area contributed by atoms with Crippen LogP contribution >= 0.6 is 35.1 Å². The molecule has 1 fully saturated rings. The predicted octanol–water partition coefficient (Wildman–Crippen LogP) is 2.49. The summed E-state index contributed by atoms with van der Waals surface area (Å²) in [6.45, 7) is 0.631. The molecule has 0 unspecified atom stereocenters. The normalized spacial score (nSPS) is 23.4. The van der Waals surface area contributed by atoms with Crippen LogP contribution in [0.2, 0.25) is 5.02 Å². The molecule has 0 N–H and O–H groups in total. The van der Waals surface area contributed by atoms with Crippen molar-refractivity contribution in [1.29, 1.82) is 0 Å². The number of amides is 1. The van der Waals surface area contributed by atoms with Gasteiger partial charge in [-0.25, -0.2) is 0 Å². The molecule has 88 valence electrons. The Kier molecular flexibility index (Phi) is 2.84. The Morgan fingerprint density at radius 2 is 2.18 bits per heavy atom. The fraction of sp³-hybridized carbons (Fsp3) is 0.273. The van der Waals surface area contributed by atoms with Crippen LogP contribution < -0.4 is 0 Å². The number of nitrogens with zero attached hydrogens (tertiary/aromatic N) is 1. The molecule has 3 rings (SSSR count). The number of hydrogen-bond acceptors (Lipinski definition) is 4. The molecule has 0 radical (unpaired) electrons. The Labute approximate surface area is 112 Å². The van der Waals surface area contributed by atoms with Crippen molar-refractivity contribution in [1.82, 2.24) is 4.90 Å². The molecule has 0 aliphatic carbocycles. The zero-order valence-electron chi connectivity index (χ0n) is 8.68. The predicted molar refractivity (Wildman–Crippen MR) is 69.6 cm³/mol. The molecule has 1 aromatic rings. The zero-order chi connectivity index (χ0) is 12.0. The molecular formula is C11H8ClNO2S2. The SMILES string of the molecule is O=C1Sc2ccc(Cl)cc2C(=O)N2CCS[C@H]12. The lowest BCUT2D eigenvalue weighted by Gasteiger charge is -2.19. The van der Waals surface area contributed by atoms with Crippen molar-refractivity contribution in [3.8, 4) is 0 Å². The van der Waals surface area contributed by atoms with E-state index in [0.29, 0.717) is 22.0 Å². The monoisotopic (exact) mass is 285 g/mol. The number of fused-ring (bicyclic) bond motifs is 2. The molecule has 0 saturated carbocycles. The van der Waals surface area contributed by atoms with Gasteiger partial charge in [-0.1, -0.05) is 11.6 Å². The number of benzene rings is 1. The van der Waals surface area contributed by atoms with E-state index in [1.165, 1.54) is 11.8 Å². The summed E-state index contributed by atoms with van der Waals surface area (Å²) in [4.78, 5) is 26.7. The lowest BCUT2D eigenvalue weighted by atomic mass is 10.2. The van der Waals surface area contributed by atoms with E-state index in [1.54, 1.807) is 23.1 Å². The van der Waals surface area contributed by atoms with E-state index in [1.807, 2.05) is 0 Å². The first kappa shape index (κ1) is 11.4. The average molecular weight is 286 g/mol. The van der Waals surface area contributed by atoms with Crippen LogP contribution in [0.1, 0.15) is 10.4 Å². The quantitative estimate of drug-likeness (QED) is 0.734. The molecule has 0 spiro atoms. The van der Waals surface area contributed by atoms with Crippen molar-refractivity contribution in [2.75, 3.05) is 12.3 Å². The van der Waals surface area contributed by atoms with Crippen LogP contribution in [0.25, 0.3) is 0 Å². The third-order valence-corrected chi connectivity index (χ3v) is 5.32. The Hall–Kier alpha value is -0.650. The summed E-state index contributed by atoms with van der Waals surface area (Å²) in [6, 6.07) is 5.09. The molecule has 1 aromatic carbocycles. The summed E-state index contributed by atoms with van der Waals surface area (Å²) >= 11 is 8.57. The van der Waals surface area contributed by atoms with Gasteiger partial charge in [-0.05, 0) is 30.0 Å². The Bertz CT molecular complexity index is 520. The summed E-state index contributed by atoms with van der Waals surface area (Å²) in [7, 11) is 0. The van der Waals surface area contributed by atoms with Crippen LogP contribution in [0, 0.1) is 0 Å². The van der Waals surface area contributed by atoms with E-state index in [4.69, 9.17) is 11.6 Å². The third-order valence-electron chi connectivity index (χ3n) is 2.74. The molecule has 0 aromatic heterocycles. The van der Waals surface area contributed by atoms with E-state index in [9.17, 15) is 9.59 Å². The molecule has 17 heavy (non-hydrogen) atoms. The van der Waals surface area contributed by atoms with Crippen LogP contribution in [-0.4, -0.2) is 33.6 Å². The Balaban J connectivity index is 2.12. The van der Waals surface area contributed by atoms with Gasteiger partial charge in [0.05, 0.1) is 5.56 Å². The van der Waals surface area contributed by atoms with Crippen LogP contribution in [0.4, 0.5) is 0 Å². The standard InChI is InChI=1S/C11H8ClNO2S2/c12-6-1-2-8-7(5-6)9(14)13-3-4-16-10(13)11(15)17-8/h1-2,5,10H,3-4H2/t10-/m1/s1. The highest BCUT2D eigenvalue weighted by atomic mass is 35.5. The first-order valence-corrected chi connectivity index (χ1v) is 7.35. The number of carbonyl (C=O) groups is 2. The van der Waals surface area contributed by atoms with Crippen LogP contribution in [0.3, 0.4) is 0 Å². The maximum atomic E-state index is 12.3. The summed E-state index contributed by atoms with van der Waals surface area (Å²) in [6.07, 6.45) is 0. The molecule has 1 atom stereocenters. The zero-order valence-corrected chi connectivity index (χ0v) is 11.1. The second-order valence-corrected chi connectivity index (χ2v) is 6.45. The summed E-state index contributed by atoms with van der Waals surface area (Å²) < 4.78 is 0. The van der Waals surface area contributed by atoms with Gasteiger partial charge in [-0.3, -0.25) is 9.59 Å². The summed E-state index contributed by atoms with van der Waals surface area (Å²) in [5.41, 5.74) is 0.542. The van der Waals surface area contributed by atoms with Crippen molar-refractivity contribution < 1.29 is 9.59 Å². The third kappa shape index (κ3) is 1.86. The maximum absolute atomic E-state index is 12.3. The molecule has 2 aliphatic heterocycles. The van der Waals surface area contributed by atoms with E-state index in [-0.39, 0.29) is 16.4 Å². The van der Waals surface area contributed by atoms with E-state index in [2.05, 4.69) is 0 Å². The Morgan fingerprint density at radius 1 is 1.35 bits per heavy atom. The first-order chi connectivity index (χ1) is 8.16. The number of halogens is 1. The number of rotatable bonds is 0. The molecule has 0 bridgehead atoms. The fourth-order valence-corrected chi connectivity index (χ4v) is 4.35. The molecular weight excluding hydrogens is 278 g/mol. The van der Waals surface area contributed by atoms with Gasteiger partial charge < -0.3 is 4.90 Å². The highest BCUT2D eigenvalue weighted by Crippen LogP contribution is 2.38. The minimum atomic E-state index is -0.335. The molecule has 1 amide bonds.